The molecule has 3 nitrogen and oxygen atoms in total. The van der Waals surface area contributed by atoms with Crippen molar-refractivity contribution in [3.05, 3.63) is 42.2 Å². The fourth-order valence-corrected chi connectivity index (χ4v) is 2.64. The lowest BCUT2D eigenvalue weighted by Gasteiger charge is -2.27. The normalized spacial score (nSPS) is 21.9. The first-order chi connectivity index (χ1) is 8.86. The molecule has 1 aliphatic heterocycles. The number of rotatable bonds is 2. The van der Waals surface area contributed by atoms with E-state index in [-0.39, 0.29) is 5.92 Å². The van der Waals surface area contributed by atoms with Crippen LogP contribution in [0.15, 0.2) is 36.7 Å². The van der Waals surface area contributed by atoms with E-state index in [1.807, 2.05) is 30.5 Å². The molecular formula is C15H17NO2. The van der Waals surface area contributed by atoms with Crippen LogP contribution in [-0.4, -0.2) is 23.3 Å². The van der Waals surface area contributed by atoms with Gasteiger partial charge in [0.25, 0.3) is 0 Å². The highest BCUT2D eigenvalue weighted by atomic mass is 16.5. The Kier molecular flexibility index (Phi) is 3.26. The average molecular weight is 243 g/mol. The molecule has 0 saturated carbocycles. The molecule has 2 aromatic rings. The Bertz CT molecular complexity index is 530. The Hall–Kier alpha value is -1.45. The van der Waals surface area contributed by atoms with Gasteiger partial charge in [0, 0.05) is 35.9 Å². The monoisotopic (exact) mass is 243 g/mol. The third-order valence-electron chi connectivity index (χ3n) is 3.66. The fourth-order valence-electron chi connectivity index (χ4n) is 2.64. The molecule has 2 heterocycles. The summed E-state index contributed by atoms with van der Waals surface area (Å²) in [6.07, 6.45) is 5.18. The molecule has 1 aromatic carbocycles. The summed E-state index contributed by atoms with van der Waals surface area (Å²) in [4.78, 5) is 4.23. The molecule has 1 N–H and O–H groups in total. The number of fused-ring (bicyclic) bond motifs is 1. The van der Waals surface area contributed by atoms with Gasteiger partial charge in [-0.3, -0.25) is 4.98 Å². The zero-order valence-electron chi connectivity index (χ0n) is 10.2. The minimum Gasteiger partial charge on any atom is -0.388 e. The number of hydrogen-bond donors (Lipinski definition) is 1. The van der Waals surface area contributed by atoms with Gasteiger partial charge in [-0.2, -0.15) is 0 Å². The van der Waals surface area contributed by atoms with Gasteiger partial charge in [-0.15, -0.1) is 0 Å². The van der Waals surface area contributed by atoms with Crippen LogP contribution in [0.2, 0.25) is 0 Å². The largest absolute Gasteiger partial charge is 0.388 e. The molecule has 0 bridgehead atoms. The molecule has 18 heavy (non-hydrogen) atoms. The van der Waals surface area contributed by atoms with Crippen LogP contribution >= 0.6 is 0 Å². The van der Waals surface area contributed by atoms with Gasteiger partial charge in [-0.25, -0.2) is 0 Å². The number of aromatic nitrogens is 1. The number of benzene rings is 1. The number of pyridine rings is 1. The van der Waals surface area contributed by atoms with Crippen molar-refractivity contribution in [3.8, 4) is 0 Å². The second kappa shape index (κ2) is 5.04. The average Bonchev–Trinajstić information content (AvgIpc) is 2.47. The van der Waals surface area contributed by atoms with Crippen molar-refractivity contribution in [2.24, 2.45) is 5.92 Å². The molecule has 1 fully saturated rings. The van der Waals surface area contributed by atoms with Crippen LogP contribution in [0.4, 0.5) is 0 Å². The number of aliphatic hydroxyl groups excluding tert-OH is 1. The minimum atomic E-state index is -0.483. The topological polar surface area (TPSA) is 42.4 Å². The van der Waals surface area contributed by atoms with E-state index in [0.29, 0.717) is 6.61 Å². The first kappa shape index (κ1) is 11.6. The van der Waals surface area contributed by atoms with Crippen molar-refractivity contribution in [1.82, 2.24) is 4.98 Å². The number of nitrogens with zero attached hydrogens (tertiary/aromatic N) is 1. The SMILES string of the molecule is OC(c1cncc2ccccc12)C1CCCOC1. The van der Waals surface area contributed by atoms with Gasteiger partial charge in [-0.1, -0.05) is 24.3 Å². The highest BCUT2D eigenvalue weighted by Crippen LogP contribution is 2.32. The zero-order chi connectivity index (χ0) is 12.4. The van der Waals surface area contributed by atoms with Gasteiger partial charge in [0.15, 0.2) is 0 Å². The molecule has 94 valence electrons. The predicted octanol–water partition coefficient (Wildman–Crippen LogP) is 2.69. The number of aliphatic hydroxyl groups is 1. The van der Waals surface area contributed by atoms with Crippen LogP contribution in [-0.2, 0) is 4.74 Å². The van der Waals surface area contributed by atoms with Gasteiger partial charge in [0.05, 0.1) is 12.7 Å². The van der Waals surface area contributed by atoms with Crippen molar-refractivity contribution in [1.29, 1.82) is 0 Å². The second-order valence-corrected chi connectivity index (χ2v) is 4.87. The third-order valence-corrected chi connectivity index (χ3v) is 3.66. The summed E-state index contributed by atoms with van der Waals surface area (Å²) in [5, 5.41) is 12.7. The molecule has 3 rings (SSSR count). The van der Waals surface area contributed by atoms with Gasteiger partial charge in [0.2, 0.25) is 0 Å². The lowest BCUT2D eigenvalue weighted by atomic mass is 9.90. The van der Waals surface area contributed by atoms with Gasteiger partial charge >= 0.3 is 0 Å². The molecule has 1 aliphatic rings. The molecule has 0 aliphatic carbocycles. The number of hydrogen-bond acceptors (Lipinski definition) is 3. The fraction of sp³-hybridized carbons (Fsp3) is 0.400. The van der Waals surface area contributed by atoms with Crippen LogP contribution in [0.25, 0.3) is 10.8 Å². The highest BCUT2D eigenvalue weighted by molar-refractivity contribution is 5.84. The molecule has 3 heteroatoms. The lowest BCUT2D eigenvalue weighted by molar-refractivity contribution is -0.00953. The Morgan fingerprint density at radius 2 is 2.17 bits per heavy atom. The van der Waals surface area contributed by atoms with E-state index in [9.17, 15) is 5.11 Å². The summed E-state index contributed by atoms with van der Waals surface area (Å²) in [5.41, 5.74) is 0.920. The van der Waals surface area contributed by atoms with E-state index in [4.69, 9.17) is 4.74 Å². The molecule has 1 aromatic heterocycles. The van der Waals surface area contributed by atoms with Crippen molar-refractivity contribution >= 4 is 10.8 Å². The van der Waals surface area contributed by atoms with Crippen LogP contribution < -0.4 is 0 Å². The van der Waals surface area contributed by atoms with E-state index < -0.39 is 6.10 Å². The number of ether oxygens (including phenoxy) is 1. The van der Waals surface area contributed by atoms with Crippen LogP contribution in [0.1, 0.15) is 24.5 Å². The van der Waals surface area contributed by atoms with E-state index in [1.54, 1.807) is 6.20 Å². The smallest absolute Gasteiger partial charge is 0.0861 e. The van der Waals surface area contributed by atoms with Crippen molar-refractivity contribution in [3.63, 3.8) is 0 Å². The summed E-state index contributed by atoms with van der Waals surface area (Å²) < 4.78 is 5.46. The first-order valence-electron chi connectivity index (χ1n) is 6.45. The predicted molar refractivity (Wildman–Crippen MR) is 70.2 cm³/mol. The molecule has 0 amide bonds. The summed E-state index contributed by atoms with van der Waals surface area (Å²) in [7, 11) is 0. The minimum absolute atomic E-state index is 0.186. The van der Waals surface area contributed by atoms with Crippen LogP contribution in [0, 0.1) is 5.92 Å². The summed E-state index contributed by atoms with van der Waals surface area (Å²) in [6.45, 7) is 1.46. The van der Waals surface area contributed by atoms with Crippen molar-refractivity contribution in [2.75, 3.05) is 13.2 Å². The van der Waals surface area contributed by atoms with Crippen LogP contribution in [0.5, 0.6) is 0 Å². The quantitative estimate of drug-likeness (QED) is 0.881. The first-order valence-corrected chi connectivity index (χ1v) is 6.45. The van der Waals surface area contributed by atoms with Crippen molar-refractivity contribution in [2.45, 2.75) is 18.9 Å². The summed E-state index contributed by atoms with van der Waals surface area (Å²) in [5.74, 6) is 0.186. The summed E-state index contributed by atoms with van der Waals surface area (Å²) in [6, 6.07) is 8.05. The Labute approximate surface area is 106 Å². The Balaban J connectivity index is 1.97. The van der Waals surface area contributed by atoms with Crippen molar-refractivity contribution < 1.29 is 9.84 Å². The highest BCUT2D eigenvalue weighted by Gasteiger charge is 2.25. The maximum atomic E-state index is 10.5. The van der Waals surface area contributed by atoms with Gasteiger partial charge in [0.1, 0.15) is 0 Å². The maximum absolute atomic E-state index is 10.5. The Morgan fingerprint density at radius 3 is 3.00 bits per heavy atom. The van der Waals surface area contributed by atoms with E-state index in [0.717, 1.165) is 35.8 Å². The van der Waals surface area contributed by atoms with Gasteiger partial charge < -0.3 is 9.84 Å². The molecular weight excluding hydrogens is 226 g/mol. The van der Waals surface area contributed by atoms with E-state index in [2.05, 4.69) is 4.98 Å². The Morgan fingerprint density at radius 1 is 1.28 bits per heavy atom. The van der Waals surface area contributed by atoms with E-state index >= 15 is 0 Å². The second-order valence-electron chi connectivity index (χ2n) is 4.87. The zero-order valence-corrected chi connectivity index (χ0v) is 10.2. The van der Waals surface area contributed by atoms with E-state index in [1.165, 1.54) is 0 Å². The molecule has 2 unspecified atom stereocenters. The van der Waals surface area contributed by atoms with Gasteiger partial charge in [-0.05, 0) is 18.2 Å². The lowest BCUT2D eigenvalue weighted by Crippen LogP contribution is -2.23. The molecule has 1 saturated heterocycles. The molecule has 0 spiro atoms. The maximum Gasteiger partial charge on any atom is 0.0861 e. The molecule has 0 radical (unpaired) electrons. The third kappa shape index (κ3) is 2.11. The molecule has 2 atom stereocenters. The van der Waals surface area contributed by atoms with Crippen LogP contribution in [0.3, 0.4) is 0 Å². The summed E-state index contributed by atoms with van der Waals surface area (Å²) >= 11 is 0. The standard InChI is InChI=1S/C15H17NO2/c17-15(12-5-3-7-18-10-12)14-9-16-8-11-4-1-2-6-13(11)14/h1-2,4,6,8-9,12,15,17H,3,5,7,10H2.